The van der Waals surface area contributed by atoms with E-state index in [1.54, 1.807) is 6.92 Å². The van der Waals surface area contributed by atoms with Gasteiger partial charge in [-0.25, -0.2) is 4.98 Å². The van der Waals surface area contributed by atoms with Crippen molar-refractivity contribution < 1.29 is 13.2 Å². The number of hydrogen-bond acceptors (Lipinski definition) is 4. The van der Waals surface area contributed by atoms with Gasteiger partial charge in [-0.1, -0.05) is 13.8 Å². The summed E-state index contributed by atoms with van der Waals surface area (Å²) in [6.45, 7) is 5.44. The molecule has 0 saturated carbocycles. The minimum Gasteiger partial charge on any atom is -0.347 e. The number of halogens is 3. The minimum absolute atomic E-state index is 0.234. The van der Waals surface area contributed by atoms with Crippen LogP contribution < -0.4 is 10.2 Å². The fourth-order valence-corrected chi connectivity index (χ4v) is 1.48. The number of anilines is 1. The Balaban J connectivity index is 2.68. The molecule has 0 fully saturated rings. The predicted octanol–water partition coefficient (Wildman–Crippen LogP) is 2.36. The Morgan fingerprint density at radius 1 is 1.26 bits per heavy atom. The van der Waals surface area contributed by atoms with E-state index in [0.717, 1.165) is 4.90 Å². The highest BCUT2D eigenvalue weighted by molar-refractivity contribution is 5.35. The van der Waals surface area contributed by atoms with Gasteiger partial charge in [-0.2, -0.15) is 13.2 Å². The summed E-state index contributed by atoms with van der Waals surface area (Å²) in [5.74, 6) is 0.244. The van der Waals surface area contributed by atoms with Gasteiger partial charge in [-0.15, -0.1) is 0 Å². The highest BCUT2D eigenvalue weighted by Gasteiger charge is 2.30. The zero-order valence-electron chi connectivity index (χ0n) is 11.3. The average Bonchev–Trinajstić information content (AvgIpc) is 2.33. The average molecular weight is 276 g/mol. The lowest BCUT2D eigenvalue weighted by molar-refractivity contribution is -0.119. The van der Waals surface area contributed by atoms with Gasteiger partial charge in [0.1, 0.15) is 12.4 Å². The Kier molecular flexibility index (Phi) is 5.53. The summed E-state index contributed by atoms with van der Waals surface area (Å²) >= 11 is 0. The van der Waals surface area contributed by atoms with E-state index in [1.807, 2.05) is 13.8 Å². The highest BCUT2D eigenvalue weighted by Crippen LogP contribution is 2.19. The van der Waals surface area contributed by atoms with E-state index < -0.39 is 12.7 Å². The van der Waals surface area contributed by atoms with Crippen LogP contribution in [0, 0.1) is 0 Å². The molecule has 1 rings (SSSR count). The van der Waals surface area contributed by atoms with Gasteiger partial charge >= 0.3 is 6.18 Å². The molecule has 108 valence electrons. The molecule has 19 heavy (non-hydrogen) atoms. The van der Waals surface area contributed by atoms with Gasteiger partial charge in [-0.05, 0) is 6.92 Å². The van der Waals surface area contributed by atoms with Crippen molar-refractivity contribution in [2.75, 3.05) is 18.0 Å². The van der Waals surface area contributed by atoms with Crippen LogP contribution in [0.3, 0.4) is 0 Å². The summed E-state index contributed by atoms with van der Waals surface area (Å²) in [6.07, 6.45) is -1.36. The van der Waals surface area contributed by atoms with Gasteiger partial charge < -0.3 is 10.2 Å². The fourth-order valence-electron chi connectivity index (χ4n) is 1.48. The maximum absolute atomic E-state index is 12.4. The molecule has 1 aromatic heterocycles. The maximum atomic E-state index is 12.4. The monoisotopic (exact) mass is 276 g/mol. The molecule has 1 N–H and O–H groups in total. The van der Waals surface area contributed by atoms with Crippen molar-refractivity contribution in [2.24, 2.45) is 0 Å². The Morgan fingerprint density at radius 3 is 2.37 bits per heavy atom. The molecule has 4 nitrogen and oxygen atoms in total. The number of nitrogens with one attached hydrogen (secondary N) is 1. The van der Waals surface area contributed by atoms with Crippen LogP contribution in [0.25, 0.3) is 0 Å². The highest BCUT2D eigenvalue weighted by atomic mass is 19.4. The smallest absolute Gasteiger partial charge is 0.347 e. The molecule has 0 aliphatic heterocycles. The van der Waals surface area contributed by atoms with Gasteiger partial charge in [0.25, 0.3) is 0 Å². The van der Waals surface area contributed by atoms with Gasteiger partial charge in [0.05, 0.1) is 18.1 Å². The molecular formula is C12H19F3N4. The normalized spacial score (nSPS) is 11.9. The van der Waals surface area contributed by atoms with Crippen LogP contribution in [0.5, 0.6) is 0 Å². The van der Waals surface area contributed by atoms with Crippen LogP contribution in [0.15, 0.2) is 12.4 Å². The van der Waals surface area contributed by atoms with E-state index in [-0.39, 0.29) is 12.4 Å². The Morgan fingerprint density at radius 2 is 1.95 bits per heavy atom. The summed E-state index contributed by atoms with van der Waals surface area (Å²) in [5, 5.41) is 3.17. The van der Waals surface area contributed by atoms with Crippen molar-refractivity contribution in [3.05, 3.63) is 18.1 Å². The van der Waals surface area contributed by atoms with E-state index in [2.05, 4.69) is 15.3 Å². The first-order chi connectivity index (χ1) is 8.81. The fraction of sp³-hybridized carbons (Fsp3) is 0.667. The standard InChI is InChI=1S/C12H19F3N4/c1-4-19(8-12(13,14)15)11-7-17-10(6-18-11)5-16-9(2)3/h6-7,9,16H,4-5,8H2,1-3H3. The van der Waals surface area contributed by atoms with Crippen LogP contribution >= 0.6 is 0 Å². The molecule has 0 radical (unpaired) electrons. The lowest BCUT2D eigenvalue weighted by Crippen LogP contribution is -2.34. The molecule has 0 amide bonds. The topological polar surface area (TPSA) is 41.1 Å². The van der Waals surface area contributed by atoms with Gasteiger partial charge in [-0.3, -0.25) is 4.98 Å². The van der Waals surface area contributed by atoms with Crippen LogP contribution in [0.4, 0.5) is 19.0 Å². The molecule has 0 aromatic carbocycles. The molecule has 0 bridgehead atoms. The Bertz CT molecular complexity index is 376. The zero-order valence-corrected chi connectivity index (χ0v) is 11.3. The quantitative estimate of drug-likeness (QED) is 0.866. The van der Waals surface area contributed by atoms with E-state index >= 15 is 0 Å². The maximum Gasteiger partial charge on any atom is 0.405 e. The van der Waals surface area contributed by atoms with Crippen molar-refractivity contribution in [1.29, 1.82) is 0 Å². The predicted molar refractivity (Wildman–Crippen MR) is 67.9 cm³/mol. The van der Waals surface area contributed by atoms with Crippen molar-refractivity contribution >= 4 is 5.82 Å². The molecule has 0 atom stereocenters. The second-order valence-corrected chi connectivity index (χ2v) is 4.53. The van der Waals surface area contributed by atoms with E-state index in [1.165, 1.54) is 12.4 Å². The summed E-state index contributed by atoms with van der Waals surface area (Å²) < 4.78 is 37.1. The van der Waals surface area contributed by atoms with E-state index in [9.17, 15) is 13.2 Å². The number of alkyl halides is 3. The molecule has 1 aromatic rings. The molecule has 7 heteroatoms. The second-order valence-electron chi connectivity index (χ2n) is 4.53. The molecule has 0 saturated heterocycles. The molecule has 0 aliphatic rings. The molecule has 1 heterocycles. The summed E-state index contributed by atoms with van der Waals surface area (Å²) in [5.41, 5.74) is 0.709. The third kappa shape index (κ3) is 5.87. The lowest BCUT2D eigenvalue weighted by atomic mass is 10.3. The number of aromatic nitrogens is 2. The first-order valence-electron chi connectivity index (χ1n) is 6.18. The molecule has 0 spiro atoms. The number of rotatable bonds is 6. The van der Waals surface area contributed by atoms with Crippen molar-refractivity contribution in [3.63, 3.8) is 0 Å². The Hall–Kier alpha value is -1.37. The SMILES string of the molecule is CCN(CC(F)(F)F)c1cnc(CNC(C)C)cn1. The van der Waals surface area contributed by atoms with Crippen LogP contribution in [0.1, 0.15) is 26.5 Å². The van der Waals surface area contributed by atoms with Gasteiger partial charge in [0.2, 0.25) is 0 Å². The minimum atomic E-state index is -4.24. The van der Waals surface area contributed by atoms with Gasteiger partial charge in [0.15, 0.2) is 0 Å². The Labute approximate surface area is 111 Å². The van der Waals surface area contributed by atoms with E-state index in [4.69, 9.17) is 0 Å². The number of nitrogens with zero attached hydrogens (tertiary/aromatic N) is 3. The van der Waals surface area contributed by atoms with Crippen molar-refractivity contribution in [1.82, 2.24) is 15.3 Å². The van der Waals surface area contributed by atoms with E-state index in [0.29, 0.717) is 18.3 Å². The van der Waals surface area contributed by atoms with Crippen molar-refractivity contribution in [3.8, 4) is 0 Å². The zero-order chi connectivity index (χ0) is 14.5. The first kappa shape index (κ1) is 15.7. The van der Waals surface area contributed by atoms with Crippen LogP contribution in [-0.2, 0) is 6.54 Å². The van der Waals surface area contributed by atoms with Gasteiger partial charge in [0, 0.05) is 19.1 Å². The van der Waals surface area contributed by atoms with Crippen LogP contribution in [0.2, 0.25) is 0 Å². The van der Waals surface area contributed by atoms with Crippen molar-refractivity contribution in [2.45, 2.75) is 39.5 Å². The summed E-state index contributed by atoms with van der Waals surface area (Å²) in [6, 6.07) is 0.318. The molecular weight excluding hydrogens is 257 g/mol. The van der Waals surface area contributed by atoms with Crippen LogP contribution in [-0.4, -0.2) is 35.3 Å². The molecule has 0 unspecified atom stereocenters. The third-order valence-electron chi connectivity index (χ3n) is 2.46. The first-order valence-corrected chi connectivity index (χ1v) is 6.18. The third-order valence-corrected chi connectivity index (χ3v) is 2.46. The summed E-state index contributed by atoms with van der Waals surface area (Å²) in [4.78, 5) is 9.30. The summed E-state index contributed by atoms with van der Waals surface area (Å²) in [7, 11) is 0. The second kappa shape index (κ2) is 6.70. The lowest BCUT2D eigenvalue weighted by Gasteiger charge is -2.22. The number of hydrogen-bond donors (Lipinski definition) is 1. The molecule has 0 aliphatic carbocycles. The largest absolute Gasteiger partial charge is 0.405 e.